The molecule has 0 bridgehead atoms. The molecule has 0 aromatic carbocycles. The number of hydrogen-bond acceptors (Lipinski definition) is 0. The Labute approximate surface area is 94.2 Å². The molecule has 0 rings (SSSR count). The summed E-state index contributed by atoms with van der Waals surface area (Å²) in [6, 6.07) is 0. The van der Waals surface area contributed by atoms with Crippen molar-refractivity contribution in [3.8, 4) is 0 Å². The van der Waals surface area contributed by atoms with E-state index in [2.05, 4.69) is 13.8 Å². The zero-order valence-corrected chi connectivity index (χ0v) is 9.21. The maximum atomic E-state index is 2.25. The molecule has 0 saturated carbocycles. The summed E-state index contributed by atoms with van der Waals surface area (Å²) in [6.45, 7) is 4.49. The van der Waals surface area contributed by atoms with Gasteiger partial charge in [0.15, 0.2) is 0 Å². The van der Waals surface area contributed by atoms with Crippen molar-refractivity contribution >= 4 is 29.6 Å². The summed E-state index contributed by atoms with van der Waals surface area (Å²) >= 11 is 0. The third-order valence-electron chi connectivity index (χ3n) is 1.21. The summed E-state index contributed by atoms with van der Waals surface area (Å²) < 4.78 is 0. The van der Waals surface area contributed by atoms with Crippen LogP contribution in [0.5, 0.6) is 0 Å². The van der Waals surface area contributed by atoms with E-state index in [-0.39, 0.29) is 49.0 Å². The van der Waals surface area contributed by atoms with Gasteiger partial charge in [-0.3, -0.25) is 0 Å². The Bertz CT molecular complexity index is 28.1. The molecule has 0 fully saturated rings. The van der Waals surface area contributed by atoms with Gasteiger partial charge in [-0.25, -0.2) is 0 Å². The molecule has 0 aliphatic heterocycles. The Morgan fingerprint density at radius 1 is 0.778 bits per heavy atom. The fourth-order valence-corrected chi connectivity index (χ4v) is 0.677. The van der Waals surface area contributed by atoms with Crippen molar-refractivity contribution in [2.24, 2.45) is 0 Å². The zero-order chi connectivity index (χ0) is 5.54. The Hall–Kier alpha value is 1.62. The van der Waals surface area contributed by atoms with Gasteiger partial charge in [0.05, 0.1) is 0 Å². The van der Waals surface area contributed by atoms with E-state index in [0.717, 1.165) is 0 Å². The SMILES string of the molecule is CCCCCCC.[NaH].[Zn]. The average molecular weight is 190 g/mol. The Kier molecular flexibility index (Phi) is 30.7. The predicted molar refractivity (Wildman–Crippen MR) is 41.6 cm³/mol. The minimum absolute atomic E-state index is 0. The van der Waals surface area contributed by atoms with Crippen molar-refractivity contribution in [3.63, 3.8) is 0 Å². The molecular weight excluding hydrogens is 172 g/mol. The number of rotatable bonds is 4. The fraction of sp³-hybridized carbons (Fsp3) is 1.00. The Morgan fingerprint density at radius 3 is 1.33 bits per heavy atom. The van der Waals surface area contributed by atoms with Gasteiger partial charge in [-0.2, -0.15) is 0 Å². The van der Waals surface area contributed by atoms with Gasteiger partial charge < -0.3 is 0 Å². The third kappa shape index (κ3) is 17.7. The average Bonchev–Trinajstić information content (AvgIpc) is 1.69. The van der Waals surface area contributed by atoms with Gasteiger partial charge >= 0.3 is 29.6 Å². The first-order chi connectivity index (χ1) is 3.41. The fourth-order valence-electron chi connectivity index (χ4n) is 0.677. The molecular formula is C7H17NaZn. The van der Waals surface area contributed by atoms with Crippen LogP contribution < -0.4 is 0 Å². The van der Waals surface area contributed by atoms with Crippen molar-refractivity contribution in [2.75, 3.05) is 0 Å². The third-order valence-corrected chi connectivity index (χ3v) is 1.21. The van der Waals surface area contributed by atoms with Crippen molar-refractivity contribution in [2.45, 2.75) is 46.0 Å². The minimum atomic E-state index is 0. The first-order valence-electron chi connectivity index (χ1n) is 3.41. The number of unbranched alkanes of at least 4 members (excludes halogenated alkanes) is 4. The molecule has 48 valence electrons. The molecule has 0 aliphatic rings. The molecule has 2 heteroatoms. The van der Waals surface area contributed by atoms with Crippen LogP contribution in [0.3, 0.4) is 0 Å². The smallest absolute Gasteiger partial charge is 0 e. The van der Waals surface area contributed by atoms with E-state index in [1.807, 2.05) is 0 Å². The quantitative estimate of drug-likeness (QED) is 0.470. The molecule has 0 saturated heterocycles. The van der Waals surface area contributed by atoms with Crippen LogP contribution in [0.25, 0.3) is 0 Å². The van der Waals surface area contributed by atoms with Crippen LogP contribution in [-0.2, 0) is 19.5 Å². The van der Waals surface area contributed by atoms with Crippen LogP contribution in [0.2, 0.25) is 0 Å². The summed E-state index contributed by atoms with van der Waals surface area (Å²) in [5.41, 5.74) is 0. The van der Waals surface area contributed by atoms with Gasteiger partial charge in [0, 0.05) is 19.5 Å². The summed E-state index contributed by atoms with van der Waals surface area (Å²) in [5, 5.41) is 0. The Morgan fingerprint density at radius 2 is 1.11 bits per heavy atom. The first-order valence-corrected chi connectivity index (χ1v) is 3.41. The van der Waals surface area contributed by atoms with Crippen molar-refractivity contribution in [1.82, 2.24) is 0 Å². The molecule has 0 unspecified atom stereocenters. The van der Waals surface area contributed by atoms with Crippen LogP contribution in [0.15, 0.2) is 0 Å². The van der Waals surface area contributed by atoms with Gasteiger partial charge in [0.2, 0.25) is 0 Å². The second-order valence-electron chi connectivity index (χ2n) is 2.06. The van der Waals surface area contributed by atoms with E-state index < -0.39 is 0 Å². The van der Waals surface area contributed by atoms with Crippen LogP contribution in [0.4, 0.5) is 0 Å². The van der Waals surface area contributed by atoms with E-state index in [0.29, 0.717) is 0 Å². The molecule has 0 amide bonds. The normalized spacial score (nSPS) is 7.33. The van der Waals surface area contributed by atoms with Crippen LogP contribution in [-0.4, -0.2) is 29.6 Å². The van der Waals surface area contributed by atoms with E-state index in [1.54, 1.807) is 0 Å². The maximum Gasteiger partial charge on any atom is 0 e. The van der Waals surface area contributed by atoms with E-state index in [1.165, 1.54) is 32.1 Å². The van der Waals surface area contributed by atoms with Gasteiger partial charge in [0.25, 0.3) is 0 Å². The molecule has 0 atom stereocenters. The summed E-state index contributed by atoms with van der Waals surface area (Å²) in [7, 11) is 0. The Balaban J connectivity index is -0.000000180. The van der Waals surface area contributed by atoms with Crippen LogP contribution >= 0.6 is 0 Å². The van der Waals surface area contributed by atoms with Gasteiger partial charge in [-0.1, -0.05) is 46.0 Å². The van der Waals surface area contributed by atoms with Crippen LogP contribution in [0.1, 0.15) is 46.0 Å². The second-order valence-corrected chi connectivity index (χ2v) is 2.06. The first kappa shape index (κ1) is 16.9. The van der Waals surface area contributed by atoms with Gasteiger partial charge in [-0.05, 0) is 0 Å². The molecule has 0 aliphatic carbocycles. The molecule has 0 radical (unpaired) electrons. The molecule has 0 aromatic rings. The van der Waals surface area contributed by atoms with Gasteiger partial charge in [-0.15, -0.1) is 0 Å². The largest absolute Gasteiger partial charge is 0 e. The summed E-state index contributed by atoms with van der Waals surface area (Å²) in [5.74, 6) is 0. The van der Waals surface area contributed by atoms with Crippen molar-refractivity contribution < 1.29 is 19.5 Å². The second kappa shape index (κ2) is 16.3. The topological polar surface area (TPSA) is 0 Å². The summed E-state index contributed by atoms with van der Waals surface area (Å²) in [6.07, 6.45) is 7.01. The van der Waals surface area contributed by atoms with Gasteiger partial charge in [0.1, 0.15) is 0 Å². The standard InChI is InChI=1S/C7H16.Na.Zn.H/c1-3-5-7-6-4-2;;;/h3-7H2,1-2H3;;;. The van der Waals surface area contributed by atoms with Crippen LogP contribution in [0, 0.1) is 0 Å². The van der Waals surface area contributed by atoms with Crippen molar-refractivity contribution in [1.29, 1.82) is 0 Å². The molecule has 9 heavy (non-hydrogen) atoms. The molecule has 0 nitrogen and oxygen atoms in total. The predicted octanol–water partition coefficient (Wildman–Crippen LogP) is 2.33. The number of hydrogen-bond donors (Lipinski definition) is 0. The molecule has 0 N–H and O–H groups in total. The zero-order valence-electron chi connectivity index (χ0n) is 6.24. The molecule has 0 heterocycles. The van der Waals surface area contributed by atoms with E-state index >= 15 is 0 Å². The summed E-state index contributed by atoms with van der Waals surface area (Å²) in [4.78, 5) is 0. The minimum Gasteiger partial charge on any atom is 0 e. The van der Waals surface area contributed by atoms with Crippen molar-refractivity contribution in [3.05, 3.63) is 0 Å². The van der Waals surface area contributed by atoms with E-state index in [4.69, 9.17) is 0 Å². The molecule has 0 aromatic heterocycles. The van der Waals surface area contributed by atoms with E-state index in [9.17, 15) is 0 Å². The molecule has 0 spiro atoms. The maximum absolute atomic E-state index is 2.25. The monoisotopic (exact) mass is 188 g/mol.